The van der Waals surface area contributed by atoms with Crippen molar-refractivity contribution >= 4 is 11.8 Å². The van der Waals surface area contributed by atoms with Crippen LogP contribution >= 0.6 is 11.8 Å². The molecule has 2 rings (SSSR count). The van der Waals surface area contributed by atoms with Gasteiger partial charge in [0.05, 0.1) is 5.56 Å². The maximum absolute atomic E-state index is 12.9. The first-order chi connectivity index (χ1) is 11.4. The zero-order chi connectivity index (χ0) is 17.9. The van der Waals surface area contributed by atoms with Gasteiger partial charge in [-0.05, 0) is 49.6 Å². The molecule has 5 heteroatoms. The first-order valence-corrected chi connectivity index (χ1v) is 9.66. The van der Waals surface area contributed by atoms with E-state index in [4.69, 9.17) is 4.74 Å². The molecule has 24 heavy (non-hydrogen) atoms. The number of nitrogens with zero attached hydrogens (tertiary/aromatic N) is 2. The summed E-state index contributed by atoms with van der Waals surface area (Å²) < 4.78 is 7.34. The Morgan fingerprint density at radius 2 is 1.71 bits per heavy atom. The zero-order valence-corrected chi connectivity index (χ0v) is 16.2. The summed E-state index contributed by atoms with van der Waals surface area (Å²) in [4.78, 5) is 12.9. The lowest BCUT2D eigenvalue weighted by Gasteiger charge is -2.19. The van der Waals surface area contributed by atoms with Gasteiger partial charge in [-0.3, -0.25) is 4.79 Å². The minimum absolute atomic E-state index is 0.107. The predicted octanol–water partition coefficient (Wildman–Crippen LogP) is 3.89. The third-order valence-electron chi connectivity index (χ3n) is 4.14. The smallest absolute Gasteiger partial charge is 0.278 e. The van der Waals surface area contributed by atoms with Gasteiger partial charge >= 0.3 is 0 Å². The van der Waals surface area contributed by atoms with E-state index in [1.54, 1.807) is 18.8 Å². The number of rotatable bonds is 6. The Balaban J connectivity index is 2.88. The first-order valence-electron chi connectivity index (χ1n) is 8.26. The Morgan fingerprint density at radius 1 is 1.12 bits per heavy atom. The molecule has 1 heterocycles. The second-order valence-corrected chi connectivity index (χ2v) is 6.75. The molecule has 0 aliphatic carbocycles. The van der Waals surface area contributed by atoms with Gasteiger partial charge in [0.25, 0.3) is 5.56 Å². The van der Waals surface area contributed by atoms with Crippen molar-refractivity contribution in [1.82, 2.24) is 9.78 Å². The highest BCUT2D eigenvalue weighted by Crippen LogP contribution is 2.35. The normalized spacial score (nSPS) is 10.9. The molecule has 0 amide bonds. The Bertz CT molecular complexity index is 772. The molecule has 1 aromatic carbocycles. The lowest BCUT2D eigenvalue weighted by Crippen LogP contribution is -2.24. The molecular weight excluding hydrogens is 320 g/mol. The van der Waals surface area contributed by atoms with Crippen LogP contribution in [0, 0.1) is 13.8 Å². The molecule has 0 aliphatic rings. The Morgan fingerprint density at radius 3 is 2.21 bits per heavy atom. The molecule has 1 aromatic heterocycles. The minimum Gasteiger partial charge on any atom is -0.480 e. The van der Waals surface area contributed by atoms with Crippen LogP contribution in [0.15, 0.2) is 16.9 Å². The van der Waals surface area contributed by atoms with Gasteiger partial charge in [0.15, 0.2) is 5.75 Å². The second-order valence-electron chi connectivity index (χ2n) is 5.93. The van der Waals surface area contributed by atoms with E-state index in [1.807, 2.05) is 13.2 Å². The molecule has 0 bridgehead atoms. The predicted molar refractivity (Wildman–Crippen MR) is 102 cm³/mol. The van der Waals surface area contributed by atoms with Crippen molar-refractivity contribution in [1.29, 1.82) is 0 Å². The minimum atomic E-state index is -0.107. The number of hydrogen-bond acceptors (Lipinski definition) is 4. The van der Waals surface area contributed by atoms with E-state index in [2.05, 4.69) is 38.0 Å². The van der Waals surface area contributed by atoms with E-state index in [0.29, 0.717) is 17.3 Å². The third kappa shape index (κ3) is 3.51. The van der Waals surface area contributed by atoms with Crippen LogP contribution in [0.3, 0.4) is 0 Å². The van der Waals surface area contributed by atoms with Gasteiger partial charge < -0.3 is 4.74 Å². The van der Waals surface area contributed by atoms with Gasteiger partial charge in [-0.15, -0.1) is 11.8 Å². The summed E-state index contributed by atoms with van der Waals surface area (Å²) in [6.45, 7) is 8.24. The van der Waals surface area contributed by atoms with Crippen LogP contribution in [0.5, 0.6) is 5.75 Å². The Kier molecular flexibility index (Phi) is 6.10. The number of thioether (sulfide) groups is 1. The highest BCUT2D eigenvalue weighted by Gasteiger charge is 2.22. The molecule has 0 fully saturated rings. The summed E-state index contributed by atoms with van der Waals surface area (Å²) in [5.41, 5.74) is 5.89. The number of hydrogen-bond donors (Lipinski definition) is 0. The number of aromatic nitrogens is 2. The molecule has 0 atom stereocenters. The van der Waals surface area contributed by atoms with E-state index in [-0.39, 0.29) is 5.56 Å². The van der Waals surface area contributed by atoms with Gasteiger partial charge in [-0.1, -0.05) is 31.5 Å². The summed E-state index contributed by atoms with van der Waals surface area (Å²) in [5.74, 6) is 1.11. The standard InChI is InChI=1S/C19H26N2O2S/c1-7-14-9-12(3)10-15(8-2)16(14)17-18(23-11-24-6)13(4)20-21(5)19(17)22/h9-10H,7-8,11H2,1-6H3. The average molecular weight is 346 g/mol. The number of ether oxygens (including phenoxy) is 1. The fourth-order valence-electron chi connectivity index (χ4n) is 3.09. The van der Waals surface area contributed by atoms with E-state index < -0.39 is 0 Å². The van der Waals surface area contributed by atoms with Crippen LogP contribution in [-0.2, 0) is 19.9 Å². The molecule has 0 unspecified atom stereocenters. The van der Waals surface area contributed by atoms with Crippen LogP contribution in [0.1, 0.15) is 36.2 Å². The van der Waals surface area contributed by atoms with E-state index >= 15 is 0 Å². The molecule has 0 spiro atoms. The summed E-state index contributed by atoms with van der Waals surface area (Å²) in [6.07, 6.45) is 3.72. The topological polar surface area (TPSA) is 44.1 Å². The highest BCUT2D eigenvalue weighted by molar-refractivity contribution is 7.98. The summed E-state index contributed by atoms with van der Waals surface area (Å²) in [6, 6.07) is 4.34. The van der Waals surface area contributed by atoms with Crippen LogP contribution in [0.2, 0.25) is 0 Å². The van der Waals surface area contributed by atoms with E-state index in [0.717, 1.165) is 24.1 Å². The van der Waals surface area contributed by atoms with Gasteiger partial charge in [-0.25, -0.2) is 4.68 Å². The SMILES string of the molecule is CCc1cc(C)cc(CC)c1-c1c(OCSC)c(C)nn(C)c1=O. The first kappa shape index (κ1) is 18.6. The molecule has 2 aromatic rings. The number of aryl methyl sites for hydroxylation is 5. The second kappa shape index (κ2) is 7.88. The zero-order valence-electron chi connectivity index (χ0n) is 15.4. The van der Waals surface area contributed by atoms with Crippen LogP contribution in [0.4, 0.5) is 0 Å². The summed E-state index contributed by atoms with van der Waals surface area (Å²) in [5, 5.41) is 4.31. The third-order valence-corrected chi connectivity index (χ3v) is 4.50. The monoisotopic (exact) mass is 346 g/mol. The van der Waals surface area contributed by atoms with Crippen LogP contribution in [-0.4, -0.2) is 22.0 Å². The fraction of sp³-hybridized carbons (Fsp3) is 0.474. The van der Waals surface area contributed by atoms with E-state index in [1.165, 1.54) is 21.4 Å². The molecule has 4 nitrogen and oxygen atoms in total. The van der Waals surface area contributed by atoms with Crippen molar-refractivity contribution in [3.63, 3.8) is 0 Å². The van der Waals surface area contributed by atoms with Crippen LogP contribution < -0.4 is 10.3 Å². The number of benzene rings is 1. The molecule has 0 saturated heterocycles. The van der Waals surface area contributed by atoms with Crippen molar-refractivity contribution < 1.29 is 4.74 Å². The van der Waals surface area contributed by atoms with Gasteiger partial charge in [0, 0.05) is 7.05 Å². The molecular formula is C19H26N2O2S. The van der Waals surface area contributed by atoms with Crippen molar-refractivity contribution in [2.45, 2.75) is 40.5 Å². The van der Waals surface area contributed by atoms with Crippen molar-refractivity contribution in [3.8, 4) is 16.9 Å². The largest absolute Gasteiger partial charge is 0.480 e. The van der Waals surface area contributed by atoms with E-state index in [9.17, 15) is 4.79 Å². The maximum atomic E-state index is 12.9. The molecule has 0 aliphatic heterocycles. The highest BCUT2D eigenvalue weighted by atomic mass is 32.2. The van der Waals surface area contributed by atoms with Crippen molar-refractivity contribution in [2.75, 3.05) is 12.2 Å². The lowest BCUT2D eigenvalue weighted by atomic mass is 9.90. The van der Waals surface area contributed by atoms with Crippen molar-refractivity contribution in [3.05, 3.63) is 44.9 Å². The maximum Gasteiger partial charge on any atom is 0.278 e. The van der Waals surface area contributed by atoms with Gasteiger partial charge in [-0.2, -0.15) is 5.10 Å². The summed E-state index contributed by atoms with van der Waals surface area (Å²) >= 11 is 1.58. The molecule has 130 valence electrons. The molecule has 0 N–H and O–H groups in total. The Labute approximate surface area is 148 Å². The van der Waals surface area contributed by atoms with Crippen LogP contribution in [0.25, 0.3) is 11.1 Å². The Hall–Kier alpha value is -1.75. The summed E-state index contributed by atoms with van der Waals surface area (Å²) in [7, 11) is 1.70. The molecule has 0 saturated carbocycles. The quantitative estimate of drug-likeness (QED) is 0.745. The van der Waals surface area contributed by atoms with Gasteiger partial charge in [0.2, 0.25) is 0 Å². The fourth-order valence-corrected chi connectivity index (χ4v) is 3.33. The van der Waals surface area contributed by atoms with Crippen molar-refractivity contribution in [2.24, 2.45) is 7.05 Å². The average Bonchev–Trinajstić information content (AvgIpc) is 2.56. The van der Waals surface area contributed by atoms with Gasteiger partial charge in [0.1, 0.15) is 11.6 Å². The molecule has 0 radical (unpaired) electrons. The lowest BCUT2D eigenvalue weighted by molar-refractivity contribution is 0.385.